The number of rotatable bonds is 5. The molecule has 0 amide bonds. The maximum atomic E-state index is 6.00. The molecular formula is C17H17ClO3. The third-order valence-corrected chi connectivity index (χ3v) is 3.94. The summed E-state index contributed by atoms with van der Waals surface area (Å²) in [4.78, 5) is 0. The zero-order chi connectivity index (χ0) is 14.7. The molecule has 1 aliphatic heterocycles. The molecule has 0 fully saturated rings. The molecule has 0 saturated heterocycles. The van der Waals surface area contributed by atoms with Crippen molar-refractivity contribution < 1.29 is 14.2 Å². The van der Waals surface area contributed by atoms with E-state index in [4.69, 9.17) is 25.8 Å². The summed E-state index contributed by atoms with van der Waals surface area (Å²) in [5.74, 6) is 3.00. The van der Waals surface area contributed by atoms with Gasteiger partial charge >= 0.3 is 0 Å². The van der Waals surface area contributed by atoms with Gasteiger partial charge in [0.1, 0.15) is 5.75 Å². The molecule has 3 nitrogen and oxygen atoms in total. The number of hydrogen-bond donors (Lipinski definition) is 0. The van der Waals surface area contributed by atoms with Gasteiger partial charge in [-0.2, -0.15) is 0 Å². The highest BCUT2D eigenvalue weighted by atomic mass is 35.5. The molecule has 1 aliphatic rings. The Hall–Kier alpha value is -1.87. The quantitative estimate of drug-likeness (QED) is 0.782. The van der Waals surface area contributed by atoms with Crippen LogP contribution in [0.2, 0.25) is 0 Å². The molecule has 1 unspecified atom stereocenters. The Morgan fingerprint density at radius 2 is 2.05 bits per heavy atom. The molecule has 0 bridgehead atoms. The predicted molar refractivity (Wildman–Crippen MR) is 82.7 cm³/mol. The Morgan fingerprint density at radius 1 is 1.19 bits per heavy atom. The van der Waals surface area contributed by atoms with Gasteiger partial charge in [0.25, 0.3) is 0 Å². The van der Waals surface area contributed by atoms with Gasteiger partial charge in [-0.15, -0.1) is 11.6 Å². The number of para-hydroxylation sites is 2. The fraction of sp³-hybridized carbons (Fsp3) is 0.294. The van der Waals surface area contributed by atoms with Gasteiger partial charge in [0.15, 0.2) is 11.5 Å². The lowest BCUT2D eigenvalue weighted by atomic mass is 10.0. The van der Waals surface area contributed by atoms with Gasteiger partial charge in [0, 0.05) is 11.1 Å². The number of methoxy groups -OCH3 is 1. The lowest BCUT2D eigenvalue weighted by molar-refractivity contribution is 0.239. The van der Waals surface area contributed by atoms with Crippen molar-refractivity contribution in [3.05, 3.63) is 53.6 Å². The van der Waals surface area contributed by atoms with Crippen LogP contribution in [0.5, 0.6) is 17.2 Å². The summed E-state index contributed by atoms with van der Waals surface area (Å²) in [6, 6.07) is 13.8. The third-order valence-electron chi connectivity index (χ3n) is 3.65. The lowest BCUT2D eigenvalue weighted by Gasteiger charge is -2.16. The molecule has 110 valence electrons. The van der Waals surface area contributed by atoms with Crippen LogP contribution in [0.25, 0.3) is 0 Å². The minimum atomic E-state index is 0.231. The van der Waals surface area contributed by atoms with Crippen LogP contribution < -0.4 is 14.2 Å². The van der Waals surface area contributed by atoms with E-state index in [1.807, 2.05) is 36.4 Å². The standard InChI is InChI=1S/C17H17ClO3/c1-19-16-8-4-5-12(9-18)17(16)21-11-13-10-20-15-7-3-2-6-14(13)15/h2-8,13H,9-11H2,1H3. The van der Waals surface area contributed by atoms with Crippen molar-refractivity contribution in [3.63, 3.8) is 0 Å². The highest BCUT2D eigenvalue weighted by Gasteiger charge is 2.25. The predicted octanol–water partition coefficient (Wildman–Crippen LogP) is 3.99. The van der Waals surface area contributed by atoms with E-state index < -0.39 is 0 Å². The van der Waals surface area contributed by atoms with Gasteiger partial charge in [-0.1, -0.05) is 30.3 Å². The van der Waals surface area contributed by atoms with Crippen LogP contribution in [0.15, 0.2) is 42.5 Å². The van der Waals surface area contributed by atoms with Gasteiger partial charge in [-0.3, -0.25) is 0 Å². The van der Waals surface area contributed by atoms with Crippen LogP contribution in [0.4, 0.5) is 0 Å². The van der Waals surface area contributed by atoms with Gasteiger partial charge in [-0.25, -0.2) is 0 Å². The zero-order valence-corrected chi connectivity index (χ0v) is 12.6. The molecule has 2 aromatic rings. The Labute approximate surface area is 129 Å². The molecule has 0 radical (unpaired) electrons. The molecule has 1 atom stereocenters. The summed E-state index contributed by atoms with van der Waals surface area (Å²) in [6.45, 7) is 1.19. The normalized spacial score (nSPS) is 16.2. The summed E-state index contributed by atoms with van der Waals surface area (Å²) in [5, 5.41) is 0. The second-order valence-electron chi connectivity index (χ2n) is 4.94. The van der Waals surface area contributed by atoms with Crippen LogP contribution in [-0.4, -0.2) is 20.3 Å². The van der Waals surface area contributed by atoms with Crippen LogP contribution in [-0.2, 0) is 5.88 Å². The smallest absolute Gasteiger partial charge is 0.165 e. The number of hydrogen-bond acceptors (Lipinski definition) is 3. The number of ether oxygens (including phenoxy) is 3. The number of benzene rings is 2. The first-order valence-electron chi connectivity index (χ1n) is 6.90. The summed E-state index contributed by atoms with van der Waals surface area (Å²) in [7, 11) is 1.63. The van der Waals surface area contributed by atoms with Crippen molar-refractivity contribution in [1.29, 1.82) is 0 Å². The van der Waals surface area contributed by atoms with Crippen molar-refractivity contribution in [3.8, 4) is 17.2 Å². The average Bonchev–Trinajstić information content (AvgIpc) is 2.95. The maximum Gasteiger partial charge on any atom is 0.165 e. The molecule has 21 heavy (non-hydrogen) atoms. The van der Waals surface area contributed by atoms with Gasteiger partial charge < -0.3 is 14.2 Å². The van der Waals surface area contributed by atoms with Crippen molar-refractivity contribution in [1.82, 2.24) is 0 Å². The molecule has 0 aromatic heterocycles. The fourth-order valence-corrected chi connectivity index (χ4v) is 2.75. The summed E-state index contributed by atoms with van der Waals surface area (Å²) in [6.07, 6.45) is 0. The Kier molecular flexibility index (Phi) is 4.20. The molecule has 4 heteroatoms. The lowest BCUT2D eigenvalue weighted by Crippen LogP contribution is -2.12. The van der Waals surface area contributed by atoms with Crippen molar-refractivity contribution >= 4 is 11.6 Å². The molecular weight excluding hydrogens is 288 g/mol. The molecule has 3 rings (SSSR count). The van der Waals surface area contributed by atoms with Crippen molar-refractivity contribution in [2.75, 3.05) is 20.3 Å². The van der Waals surface area contributed by atoms with Crippen LogP contribution >= 0.6 is 11.6 Å². The van der Waals surface area contributed by atoms with E-state index in [1.165, 1.54) is 5.56 Å². The number of alkyl halides is 1. The molecule has 0 aliphatic carbocycles. The number of halogens is 1. The fourth-order valence-electron chi connectivity index (χ4n) is 2.54. The SMILES string of the molecule is COc1cccc(CCl)c1OCC1COc2ccccc21. The summed E-state index contributed by atoms with van der Waals surface area (Å²) in [5.41, 5.74) is 2.13. The average molecular weight is 305 g/mol. The second kappa shape index (κ2) is 6.27. The Morgan fingerprint density at radius 3 is 2.86 bits per heavy atom. The maximum absolute atomic E-state index is 6.00. The zero-order valence-electron chi connectivity index (χ0n) is 11.8. The van der Waals surface area contributed by atoms with Crippen LogP contribution in [0.1, 0.15) is 17.0 Å². The van der Waals surface area contributed by atoms with Crippen LogP contribution in [0, 0.1) is 0 Å². The topological polar surface area (TPSA) is 27.7 Å². The van der Waals surface area contributed by atoms with E-state index in [-0.39, 0.29) is 5.92 Å². The highest BCUT2D eigenvalue weighted by molar-refractivity contribution is 6.17. The van der Waals surface area contributed by atoms with E-state index in [0.29, 0.717) is 24.8 Å². The molecule has 0 N–H and O–H groups in total. The first-order chi connectivity index (χ1) is 10.3. The third kappa shape index (κ3) is 2.79. The molecule has 1 heterocycles. The largest absolute Gasteiger partial charge is 0.493 e. The molecule has 0 spiro atoms. The van der Waals surface area contributed by atoms with Crippen molar-refractivity contribution in [2.45, 2.75) is 11.8 Å². The van der Waals surface area contributed by atoms with Crippen LogP contribution in [0.3, 0.4) is 0 Å². The Bertz CT molecular complexity index is 605. The Balaban J connectivity index is 1.77. The van der Waals surface area contributed by atoms with Crippen molar-refractivity contribution in [2.24, 2.45) is 0 Å². The molecule has 2 aromatic carbocycles. The van der Waals surface area contributed by atoms with E-state index in [1.54, 1.807) is 7.11 Å². The van der Waals surface area contributed by atoms with E-state index in [9.17, 15) is 0 Å². The van der Waals surface area contributed by atoms with Gasteiger partial charge in [0.2, 0.25) is 0 Å². The second-order valence-corrected chi connectivity index (χ2v) is 5.21. The van der Waals surface area contributed by atoms with Gasteiger partial charge in [-0.05, 0) is 12.1 Å². The monoisotopic (exact) mass is 304 g/mol. The van der Waals surface area contributed by atoms with E-state index in [0.717, 1.165) is 17.1 Å². The van der Waals surface area contributed by atoms with Gasteiger partial charge in [0.05, 0.1) is 32.1 Å². The number of fused-ring (bicyclic) bond motifs is 1. The van der Waals surface area contributed by atoms with E-state index >= 15 is 0 Å². The van der Waals surface area contributed by atoms with E-state index in [2.05, 4.69) is 6.07 Å². The highest BCUT2D eigenvalue weighted by Crippen LogP contribution is 2.36. The minimum Gasteiger partial charge on any atom is -0.493 e. The summed E-state index contributed by atoms with van der Waals surface area (Å²) >= 11 is 5.98. The summed E-state index contributed by atoms with van der Waals surface area (Å²) < 4.78 is 17.0. The first-order valence-corrected chi connectivity index (χ1v) is 7.43. The first kappa shape index (κ1) is 14.1. The minimum absolute atomic E-state index is 0.231. The molecule has 0 saturated carbocycles.